The van der Waals surface area contributed by atoms with Crippen molar-refractivity contribution in [2.24, 2.45) is 0 Å². The van der Waals surface area contributed by atoms with E-state index in [0.29, 0.717) is 29.5 Å². The lowest BCUT2D eigenvalue weighted by atomic mass is 10.2. The highest BCUT2D eigenvalue weighted by molar-refractivity contribution is 5.96. The number of carbonyl (C=O) groups excluding carboxylic acids is 2. The number of ether oxygens (including phenoxy) is 2. The molecule has 0 bridgehead atoms. The zero-order valence-corrected chi connectivity index (χ0v) is 15.9. The van der Waals surface area contributed by atoms with E-state index in [9.17, 15) is 9.59 Å². The molecule has 1 heterocycles. The molecule has 7 heteroatoms. The molecule has 3 rings (SSSR count). The fraction of sp³-hybridized carbons (Fsp3) is 0.136. The number of rotatable bonds is 8. The summed E-state index contributed by atoms with van der Waals surface area (Å²) < 4.78 is 10.8. The van der Waals surface area contributed by atoms with Gasteiger partial charge in [-0.25, -0.2) is 4.98 Å². The Hall–Kier alpha value is -3.87. The first kappa shape index (κ1) is 19.9. The molecule has 0 saturated heterocycles. The fourth-order valence-corrected chi connectivity index (χ4v) is 2.54. The van der Waals surface area contributed by atoms with Crippen LogP contribution in [0, 0.1) is 0 Å². The second-order valence-corrected chi connectivity index (χ2v) is 6.11. The van der Waals surface area contributed by atoms with E-state index in [1.807, 2.05) is 36.4 Å². The van der Waals surface area contributed by atoms with Gasteiger partial charge in [-0.3, -0.25) is 9.59 Å². The molecular formula is C22H21N3O4. The number of methoxy groups -OCH3 is 1. The predicted molar refractivity (Wildman–Crippen MR) is 108 cm³/mol. The molecule has 7 nitrogen and oxygen atoms in total. The molecule has 1 aromatic heterocycles. The van der Waals surface area contributed by atoms with Crippen molar-refractivity contribution in [1.82, 2.24) is 15.6 Å². The maximum atomic E-state index is 12.1. The van der Waals surface area contributed by atoms with E-state index in [1.165, 1.54) is 7.11 Å². The molecule has 0 fully saturated rings. The molecule has 0 saturated carbocycles. The predicted octanol–water partition coefficient (Wildman–Crippen LogP) is 2.93. The number of carbonyl (C=O) groups is 2. The third-order valence-electron chi connectivity index (χ3n) is 3.99. The largest absolute Gasteiger partial charge is 0.497 e. The number of pyridine rings is 1. The molecule has 0 unspecified atom stereocenters. The van der Waals surface area contributed by atoms with E-state index in [-0.39, 0.29) is 18.4 Å². The minimum absolute atomic E-state index is 0.125. The Kier molecular flexibility index (Phi) is 6.78. The molecule has 0 spiro atoms. The number of hydrogen-bond acceptors (Lipinski definition) is 5. The summed E-state index contributed by atoms with van der Waals surface area (Å²) >= 11 is 0. The Morgan fingerprint density at radius 1 is 0.931 bits per heavy atom. The Balaban J connectivity index is 1.48. The van der Waals surface area contributed by atoms with Crippen LogP contribution in [0.5, 0.6) is 17.4 Å². The summed E-state index contributed by atoms with van der Waals surface area (Å²) in [6.45, 7) is 0.188. The van der Waals surface area contributed by atoms with Crippen molar-refractivity contribution >= 4 is 11.8 Å². The molecule has 3 aromatic rings. The van der Waals surface area contributed by atoms with Crippen molar-refractivity contribution in [3.05, 3.63) is 84.1 Å². The quantitative estimate of drug-likeness (QED) is 0.616. The topological polar surface area (TPSA) is 89.5 Å². The molecule has 0 aliphatic carbocycles. The van der Waals surface area contributed by atoms with Crippen LogP contribution in [-0.2, 0) is 11.3 Å². The zero-order valence-electron chi connectivity index (χ0n) is 15.9. The summed E-state index contributed by atoms with van der Waals surface area (Å²) in [6.07, 6.45) is 1.65. The van der Waals surface area contributed by atoms with Gasteiger partial charge in [0.1, 0.15) is 11.5 Å². The van der Waals surface area contributed by atoms with Gasteiger partial charge in [0.2, 0.25) is 11.8 Å². The molecule has 0 radical (unpaired) electrons. The summed E-state index contributed by atoms with van der Waals surface area (Å²) in [4.78, 5) is 28.3. The van der Waals surface area contributed by atoms with Crippen LogP contribution in [0.3, 0.4) is 0 Å². The normalized spacial score (nSPS) is 10.1. The van der Waals surface area contributed by atoms with Crippen LogP contribution < -0.4 is 20.1 Å². The van der Waals surface area contributed by atoms with Gasteiger partial charge in [0, 0.05) is 24.4 Å². The molecule has 0 atom stereocenters. The van der Waals surface area contributed by atoms with E-state index in [2.05, 4.69) is 15.6 Å². The highest BCUT2D eigenvalue weighted by Crippen LogP contribution is 2.19. The molecule has 2 aromatic carbocycles. The summed E-state index contributed by atoms with van der Waals surface area (Å²) in [7, 11) is 1.53. The minimum Gasteiger partial charge on any atom is -0.497 e. The van der Waals surface area contributed by atoms with Gasteiger partial charge in [-0.05, 0) is 42.0 Å². The van der Waals surface area contributed by atoms with Crippen LogP contribution in [0.25, 0.3) is 0 Å². The van der Waals surface area contributed by atoms with Gasteiger partial charge >= 0.3 is 0 Å². The highest BCUT2D eigenvalue weighted by Gasteiger charge is 2.09. The summed E-state index contributed by atoms with van der Waals surface area (Å²) in [5.41, 5.74) is 1.29. The maximum Gasteiger partial charge on any atom is 0.251 e. The first-order chi connectivity index (χ1) is 14.1. The summed E-state index contributed by atoms with van der Waals surface area (Å²) in [5, 5.41) is 5.36. The number of amides is 2. The first-order valence-electron chi connectivity index (χ1n) is 9.01. The molecule has 0 aliphatic heterocycles. The molecule has 2 N–H and O–H groups in total. The zero-order chi connectivity index (χ0) is 20.5. The third kappa shape index (κ3) is 6.07. The van der Waals surface area contributed by atoms with Crippen LogP contribution in [0.2, 0.25) is 0 Å². The summed E-state index contributed by atoms with van der Waals surface area (Å²) in [5.74, 6) is 1.06. The lowest BCUT2D eigenvalue weighted by Crippen LogP contribution is -2.36. The number of hydrogen-bond donors (Lipinski definition) is 2. The number of nitrogens with zero attached hydrogens (tertiary/aromatic N) is 1. The van der Waals surface area contributed by atoms with E-state index >= 15 is 0 Å². The number of aromatic nitrogens is 1. The van der Waals surface area contributed by atoms with E-state index in [4.69, 9.17) is 9.47 Å². The lowest BCUT2D eigenvalue weighted by Gasteiger charge is -2.09. The van der Waals surface area contributed by atoms with E-state index < -0.39 is 0 Å². The van der Waals surface area contributed by atoms with Crippen LogP contribution in [0.1, 0.15) is 15.9 Å². The first-order valence-corrected chi connectivity index (χ1v) is 9.01. The van der Waals surface area contributed by atoms with Crippen molar-refractivity contribution in [2.75, 3.05) is 13.7 Å². The van der Waals surface area contributed by atoms with Gasteiger partial charge in [-0.15, -0.1) is 0 Å². The van der Waals surface area contributed by atoms with Gasteiger partial charge in [0.25, 0.3) is 5.91 Å². The molecule has 2 amide bonds. The van der Waals surface area contributed by atoms with Crippen molar-refractivity contribution in [1.29, 1.82) is 0 Å². The number of benzene rings is 2. The average Bonchev–Trinajstić information content (AvgIpc) is 2.77. The lowest BCUT2D eigenvalue weighted by molar-refractivity contribution is -0.120. The fourth-order valence-electron chi connectivity index (χ4n) is 2.54. The second kappa shape index (κ2) is 9.89. The SMILES string of the molecule is COc1cccc(C(=O)NCC(=O)NCc2cccc(Oc3ccccn3)c2)c1. The van der Waals surface area contributed by atoms with Crippen molar-refractivity contribution in [3.8, 4) is 17.4 Å². The van der Waals surface area contributed by atoms with Crippen LogP contribution in [0.4, 0.5) is 0 Å². The minimum atomic E-state index is -0.343. The molecule has 0 aliphatic rings. The van der Waals surface area contributed by atoms with Gasteiger partial charge < -0.3 is 20.1 Å². The molecular weight excluding hydrogens is 370 g/mol. The Labute approximate surface area is 168 Å². The van der Waals surface area contributed by atoms with E-state index in [0.717, 1.165) is 5.56 Å². The van der Waals surface area contributed by atoms with Crippen molar-refractivity contribution in [2.45, 2.75) is 6.54 Å². The summed E-state index contributed by atoms with van der Waals surface area (Å²) in [6, 6.07) is 19.5. The number of nitrogens with one attached hydrogen (secondary N) is 2. The van der Waals surface area contributed by atoms with Gasteiger partial charge in [0.05, 0.1) is 13.7 Å². The maximum absolute atomic E-state index is 12.1. The van der Waals surface area contributed by atoms with E-state index in [1.54, 1.807) is 36.5 Å². The Bertz CT molecular complexity index is 977. The smallest absolute Gasteiger partial charge is 0.251 e. The van der Waals surface area contributed by atoms with Crippen LogP contribution in [0.15, 0.2) is 72.9 Å². The van der Waals surface area contributed by atoms with Gasteiger partial charge in [-0.2, -0.15) is 0 Å². The average molecular weight is 391 g/mol. The van der Waals surface area contributed by atoms with Crippen LogP contribution >= 0.6 is 0 Å². The third-order valence-corrected chi connectivity index (χ3v) is 3.99. The van der Waals surface area contributed by atoms with Gasteiger partial charge in [0.15, 0.2) is 0 Å². The van der Waals surface area contributed by atoms with Gasteiger partial charge in [-0.1, -0.05) is 24.3 Å². The van der Waals surface area contributed by atoms with Crippen molar-refractivity contribution in [3.63, 3.8) is 0 Å². The Morgan fingerprint density at radius 3 is 2.55 bits per heavy atom. The molecule has 29 heavy (non-hydrogen) atoms. The standard InChI is InChI=1S/C22H21N3O4/c1-28-18-8-5-7-17(13-18)22(27)25-15-20(26)24-14-16-6-4-9-19(12-16)29-21-10-2-3-11-23-21/h2-13H,14-15H2,1H3,(H,24,26)(H,25,27). The second-order valence-electron chi connectivity index (χ2n) is 6.11. The highest BCUT2D eigenvalue weighted by atomic mass is 16.5. The van der Waals surface area contributed by atoms with Crippen molar-refractivity contribution < 1.29 is 19.1 Å². The van der Waals surface area contributed by atoms with Crippen LogP contribution in [-0.4, -0.2) is 30.5 Å². The Morgan fingerprint density at radius 2 is 1.76 bits per heavy atom. The molecule has 148 valence electrons. The monoisotopic (exact) mass is 391 g/mol.